The van der Waals surface area contributed by atoms with Crippen LogP contribution in [0.3, 0.4) is 0 Å². The number of rotatable bonds is 3. The van der Waals surface area contributed by atoms with Gasteiger partial charge >= 0.3 is 6.03 Å². The van der Waals surface area contributed by atoms with Gasteiger partial charge in [0, 0.05) is 39.3 Å². The summed E-state index contributed by atoms with van der Waals surface area (Å²) >= 11 is 0. The Kier molecular flexibility index (Phi) is 5.17. The molecule has 0 spiro atoms. The lowest BCUT2D eigenvalue weighted by molar-refractivity contribution is 0.0715. The molecule has 2 fully saturated rings. The summed E-state index contributed by atoms with van der Waals surface area (Å²) in [5.74, 6) is 0.357. The molecule has 0 bridgehead atoms. The van der Waals surface area contributed by atoms with E-state index in [0.717, 1.165) is 32.4 Å². The van der Waals surface area contributed by atoms with Crippen LogP contribution in [0.1, 0.15) is 36.0 Å². The Labute approximate surface area is 142 Å². The minimum atomic E-state index is -0.134. The molecule has 1 atom stereocenters. The number of pyridine rings is 1. The Morgan fingerprint density at radius 2 is 2.00 bits per heavy atom. The van der Waals surface area contributed by atoms with Crippen molar-refractivity contribution < 1.29 is 14.3 Å². The first-order valence-corrected chi connectivity index (χ1v) is 8.56. The second-order valence-corrected chi connectivity index (χ2v) is 6.24. The van der Waals surface area contributed by atoms with E-state index in [-0.39, 0.29) is 18.0 Å². The fraction of sp³-hybridized carbons (Fsp3) is 0.588. The number of aromatic nitrogens is 1. The van der Waals surface area contributed by atoms with Crippen molar-refractivity contribution in [3.05, 3.63) is 23.9 Å². The molecular weight excluding hydrogens is 308 g/mol. The van der Waals surface area contributed by atoms with Gasteiger partial charge in [-0.25, -0.2) is 9.78 Å². The van der Waals surface area contributed by atoms with Crippen LogP contribution in [0.25, 0.3) is 0 Å². The van der Waals surface area contributed by atoms with E-state index in [1.807, 2.05) is 4.90 Å². The van der Waals surface area contributed by atoms with E-state index in [2.05, 4.69) is 10.3 Å². The molecule has 1 aromatic heterocycles. The number of hydrogen-bond donors (Lipinski definition) is 1. The van der Waals surface area contributed by atoms with E-state index < -0.39 is 0 Å². The highest BCUT2D eigenvalue weighted by atomic mass is 16.5. The molecule has 2 aliphatic rings. The number of amides is 3. The first-order chi connectivity index (χ1) is 11.7. The highest BCUT2D eigenvalue weighted by Crippen LogP contribution is 2.23. The maximum Gasteiger partial charge on any atom is 0.317 e. The fourth-order valence-electron chi connectivity index (χ4n) is 3.24. The average molecular weight is 332 g/mol. The maximum absolute atomic E-state index is 12.7. The number of carbonyl (C=O) groups is 2. The largest absolute Gasteiger partial charge is 0.472 e. The van der Waals surface area contributed by atoms with Gasteiger partial charge < -0.3 is 19.9 Å². The number of carbonyl (C=O) groups excluding carboxylic acids is 2. The SMILES string of the molecule is CNC(=O)N1CCC(Oc2ncccc2C(=O)N2CCCCC2)C1. The summed E-state index contributed by atoms with van der Waals surface area (Å²) in [7, 11) is 1.62. The normalized spacial score (nSPS) is 20.8. The van der Waals surface area contributed by atoms with Crippen molar-refractivity contribution in [2.24, 2.45) is 0 Å². The monoisotopic (exact) mass is 332 g/mol. The van der Waals surface area contributed by atoms with Gasteiger partial charge in [-0.2, -0.15) is 0 Å². The third kappa shape index (κ3) is 3.60. The van der Waals surface area contributed by atoms with Crippen LogP contribution in [0, 0.1) is 0 Å². The Morgan fingerprint density at radius 1 is 1.21 bits per heavy atom. The van der Waals surface area contributed by atoms with Crippen molar-refractivity contribution >= 4 is 11.9 Å². The van der Waals surface area contributed by atoms with Crippen molar-refractivity contribution in [3.8, 4) is 5.88 Å². The molecule has 3 amide bonds. The standard InChI is InChI=1S/C17H24N4O3/c1-18-17(23)21-11-7-13(12-21)24-15-14(6-5-8-19-15)16(22)20-9-3-2-4-10-20/h5-6,8,13H,2-4,7,9-12H2,1H3,(H,18,23). The Hall–Kier alpha value is -2.31. The molecule has 24 heavy (non-hydrogen) atoms. The first kappa shape index (κ1) is 16.5. The molecule has 0 aromatic carbocycles. The predicted octanol–water partition coefficient (Wildman–Crippen LogP) is 1.50. The first-order valence-electron chi connectivity index (χ1n) is 8.56. The van der Waals surface area contributed by atoms with Crippen LogP contribution >= 0.6 is 0 Å². The van der Waals surface area contributed by atoms with Gasteiger partial charge in [0.1, 0.15) is 11.7 Å². The van der Waals surface area contributed by atoms with Crippen molar-refractivity contribution in [1.29, 1.82) is 0 Å². The zero-order chi connectivity index (χ0) is 16.9. The van der Waals surface area contributed by atoms with Gasteiger partial charge in [0.25, 0.3) is 5.91 Å². The van der Waals surface area contributed by atoms with Crippen molar-refractivity contribution in [2.75, 3.05) is 33.2 Å². The highest BCUT2D eigenvalue weighted by Gasteiger charge is 2.29. The van der Waals surface area contributed by atoms with E-state index in [1.54, 1.807) is 30.3 Å². The van der Waals surface area contributed by atoms with Crippen LogP contribution in [0.4, 0.5) is 4.79 Å². The summed E-state index contributed by atoms with van der Waals surface area (Å²) in [5.41, 5.74) is 0.512. The summed E-state index contributed by atoms with van der Waals surface area (Å²) in [6.07, 6.45) is 5.51. The van der Waals surface area contributed by atoms with Gasteiger partial charge in [-0.3, -0.25) is 4.79 Å². The van der Waals surface area contributed by atoms with Crippen LogP contribution in [-0.4, -0.2) is 66.1 Å². The average Bonchev–Trinajstić information content (AvgIpc) is 3.10. The van der Waals surface area contributed by atoms with Crippen LogP contribution in [0.2, 0.25) is 0 Å². The lowest BCUT2D eigenvalue weighted by Crippen LogP contribution is -2.38. The van der Waals surface area contributed by atoms with Gasteiger partial charge in [-0.15, -0.1) is 0 Å². The second kappa shape index (κ2) is 7.51. The molecule has 130 valence electrons. The number of ether oxygens (including phenoxy) is 1. The third-order valence-corrected chi connectivity index (χ3v) is 4.57. The number of nitrogens with zero attached hydrogens (tertiary/aromatic N) is 3. The summed E-state index contributed by atoms with van der Waals surface area (Å²) in [5, 5.41) is 2.62. The Morgan fingerprint density at radius 3 is 2.75 bits per heavy atom. The van der Waals surface area contributed by atoms with Crippen molar-refractivity contribution in [1.82, 2.24) is 20.1 Å². The van der Waals surface area contributed by atoms with E-state index in [9.17, 15) is 9.59 Å². The predicted molar refractivity (Wildman–Crippen MR) is 89.1 cm³/mol. The van der Waals surface area contributed by atoms with Gasteiger partial charge in [0.15, 0.2) is 0 Å². The summed E-state index contributed by atoms with van der Waals surface area (Å²) in [6.45, 7) is 2.74. The van der Waals surface area contributed by atoms with Crippen LogP contribution in [0.5, 0.6) is 5.88 Å². The Balaban J connectivity index is 1.68. The third-order valence-electron chi connectivity index (χ3n) is 4.57. The zero-order valence-electron chi connectivity index (χ0n) is 14.0. The smallest absolute Gasteiger partial charge is 0.317 e. The van der Waals surface area contributed by atoms with Gasteiger partial charge in [0.2, 0.25) is 5.88 Å². The fourth-order valence-corrected chi connectivity index (χ4v) is 3.24. The minimum Gasteiger partial charge on any atom is -0.472 e. The summed E-state index contributed by atoms with van der Waals surface area (Å²) in [6, 6.07) is 3.42. The molecule has 1 aromatic rings. The lowest BCUT2D eigenvalue weighted by Gasteiger charge is -2.27. The number of nitrogens with one attached hydrogen (secondary N) is 1. The highest BCUT2D eigenvalue weighted by molar-refractivity contribution is 5.96. The van der Waals surface area contributed by atoms with Gasteiger partial charge in [-0.05, 0) is 31.4 Å². The molecule has 1 N–H and O–H groups in total. The second-order valence-electron chi connectivity index (χ2n) is 6.24. The molecule has 7 heteroatoms. The van der Waals surface area contributed by atoms with Crippen LogP contribution in [-0.2, 0) is 0 Å². The summed E-state index contributed by atoms with van der Waals surface area (Å²) < 4.78 is 5.96. The van der Waals surface area contributed by atoms with Gasteiger partial charge in [0.05, 0.1) is 6.54 Å². The Bertz CT molecular complexity index is 601. The van der Waals surface area contributed by atoms with E-state index in [4.69, 9.17) is 4.74 Å². The molecule has 3 heterocycles. The molecule has 0 saturated carbocycles. The molecule has 0 aliphatic carbocycles. The maximum atomic E-state index is 12.7. The number of likely N-dealkylation sites (tertiary alicyclic amines) is 2. The lowest BCUT2D eigenvalue weighted by atomic mass is 10.1. The van der Waals surface area contributed by atoms with Crippen molar-refractivity contribution in [3.63, 3.8) is 0 Å². The quantitative estimate of drug-likeness (QED) is 0.910. The molecule has 1 unspecified atom stereocenters. The van der Waals surface area contributed by atoms with Gasteiger partial charge in [-0.1, -0.05) is 0 Å². The number of hydrogen-bond acceptors (Lipinski definition) is 4. The molecule has 0 radical (unpaired) electrons. The van der Waals surface area contributed by atoms with E-state index in [1.165, 1.54) is 6.42 Å². The molecule has 3 rings (SSSR count). The van der Waals surface area contributed by atoms with E-state index >= 15 is 0 Å². The summed E-state index contributed by atoms with van der Waals surface area (Å²) in [4.78, 5) is 32.3. The number of urea groups is 1. The van der Waals surface area contributed by atoms with Crippen LogP contribution < -0.4 is 10.1 Å². The number of piperidine rings is 1. The molecule has 7 nitrogen and oxygen atoms in total. The van der Waals surface area contributed by atoms with Crippen LogP contribution in [0.15, 0.2) is 18.3 Å². The van der Waals surface area contributed by atoms with Crippen molar-refractivity contribution in [2.45, 2.75) is 31.8 Å². The minimum absolute atomic E-state index is 0.0149. The molecule has 2 saturated heterocycles. The molecular formula is C17H24N4O3. The topological polar surface area (TPSA) is 74.8 Å². The van der Waals surface area contributed by atoms with E-state index in [0.29, 0.717) is 24.5 Å². The zero-order valence-corrected chi connectivity index (χ0v) is 14.0. The molecule has 2 aliphatic heterocycles.